The third-order valence-corrected chi connectivity index (χ3v) is 6.33. The molecule has 3 atom stereocenters. The Morgan fingerprint density at radius 3 is 2.58 bits per heavy atom. The quantitative estimate of drug-likeness (QED) is 0.469. The number of piperidine rings is 1. The molecule has 1 aliphatic carbocycles. The zero-order valence-electron chi connectivity index (χ0n) is 17.4. The van der Waals surface area contributed by atoms with Crippen molar-refractivity contribution in [2.75, 3.05) is 6.54 Å². The number of alkyl halides is 4. The maximum Gasteiger partial charge on any atom is 0.405 e. The number of imidazole rings is 1. The molecule has 1 aliphatic heterocycles. The van der Waals surface area contributed by atoms with Crippen LogP contribution in [0.25, 0.3) is 5.78 Å². The fraction of sp³-hybridized carbons (Fsp3) is 0.684. The van der Waals surface area contributed by atoms with Crippen molar-refractivity contribution in [1.29, 1.82) is 0 Å². The zero-order chi connectivity index (χ0) is 23.1. The Morgan fingerprint density at radius 1 is 1.24 bits per heavy atom. The van der Waals surface area contributed by atoms with E-state index in [1.807, 2.05) is 0 Å². The highest BCUT2D eigenvalue weighted by atomic mass is 35.5. The van der Waals surface area contributed by atoms with E-state index in [0.717, 1.165) is 0 Å². The van der Waals surface area contributed by atoms with Crippen LogP contribution in [-0.2, 0) is 0 Å². The first-order chi connectivity index (χ1) is 15.1. The van der Waals surface area contributed by atoms with Crippen LogP contribution in [0.5, 0.6) is 0 Å². The molecule has 14 heteroatoms. The number of halogens is 5. The van der Waals surface area contributed by atoms with Crippen LogP contribution in [0.3, 0.4) is 0 Å². The van der Waals surface area contributed by atoms with Crippen molar-refractivity contribution in [3.63, 3.8) is 0 Å². The second-order valence-corrected chi connectivity index (χ2v) is 8.58. The van der Waals surface area contributed by atoms with Crippen LogP contribution < -0.4 is 10.6 Å². The topological polar surface area (TPSA) is 125 Å². The van der Waals surface area contributed by atoms with E-state index in [1.165, 1.54) is 16.9 Å². The number of nitrogens with zero attached hydrogens (tertiary/aromatic N) is 4. The molecule has 2 aliphatic rings. The molecule has 3 heterocycles. The maximum absolute atomic E-state index is 13.6. The minimum Gasteiger partial charge on any atom is -0.465 e. The molecule has 2 aromatic rings. The lowest BCUT2D eigenvalue weighted by Gasteiger charge is -2.36. The van der Waals surface area contributed by atoms with Gasteiger partial charge >= 0.3 is 6.09 Å². The number of amides is 1. The number of fused-ring (bicyclic) bond motifs is 1. The second-order valence-electron chi connectivity index (χ2n) is 8.58. The van der Waals surface area contributed by atoms with Crippen LogP contribution in [0.15, 0.2) is 12.4 Å². The minimum absolute atomic E-state index is 0. The van der Waals surface area contributed by atoms with Crippen LogP contribution in [0, 0.1) is 5.92 Å². The van der Waals surface area contributed by atoms with Gasteiger partial charge < -0.3 is 20.8 Å². The zero-order valence-corrected chi connectivity index (χ0v) is 18.2. The molecule has 1 saturated heterocycles. The lowest BCUT2D eigenvalue weighted by Crippen LogP contribution is -2.48. The van der Waals surface area contributed by atoms with E-state index < -0.39 is 36.1 Å². The van der Waals surface area contributed by atoms with E-state index in [2.05, 4.69) is 25.7 Å². The van der Waals surface area contributed by atoms with E-state index in [0.29, 0.717) is 11.4 Å². The molecule has 0 aromatic carbocycles. The average molecular weight is 497 g/mol. The molecule has 0 spiro atoms. The molecular weight excluding hydrogens is 472 g/mol. The van der Waals surface area contributed by atoms with Gasteiger partial charge in [0.2, 0.25) is 5.92 Å². The summed E-state index contributed by atoms with van der Waals surface area (Å²) < 4.78 is 54.9. The van der Waals surface area contributed by atoms with E-state index >= 15 is 0 Å². The van der Waals surface area contributed by atoms with Crippen molar-refractivity contribution in [2.45, 2.75) is 68.6 Å². The van der Waals surface area contributed by atoms with Crippen molar-refractivity contribution in [3.8, 4) is 0 Å². The molecule has 0 bridgehead atoms. The summed E-state index contributed by atoms with van der Waals surface area (Å²) in [4.78, 5) is 20.0. The molecular formula is C19H25ClF4N6O3. The predicted molar refractivity (Wildman–Crippen MR) is 110 cm³/mol. The summed E-state index contributed by atoms with van der Waals surface area (Å²) in [5, 5.41) is 29.0. The highest BCUT2D eigenvalue weighted by molar-refractivity contribution is 5.85. The number of hydrogen-bond acceptors (Lipinski definition) is 6. The SMILES string of the molecule is Cl.O=C(O)N[C@H](c1cn2ncc(C3CC(O)(C(F)F)CCN3)nc2n1)C1CCC(F)(F)CC1. The van der Waals surface area contributed by atoms with Gasteiger partial charge in [0.25, 0.3) is 12.2 Å². The van der Waals surface area contributed by atoms with E-state index in [9.17, 15) is 32.6 Å². The number of carbonyl (C=O) groups is 1. The van der Waals surface area contributed by atoms with Gasteiger partial charge in [-0.05, 0) is 31.7 Å². The molecule has 2 fully saturated rings. The van der Waals surface area contributed by atoms with Crippen molar-refractivity contribution in [2.24, 2.45) is 5.92 Å². The van der Waals surface area contributed by atoms with Crippen LogP contribution >= 0.6 is 12.4 Å². The standard InChI is InChI=1S/C19H24F4N6O3.ClH/c20-15(21)18(32)5-6-24-11(7-18)12-8-25-29-9-13(27-16(29)26-12)14(28-17(30)31)10-1-3-19(22,23)4-2-10;/h8-11,14-15,24,28,32H,1-7H2,(H,30,31);1H/t11?,14-,18?;/m0./s1. The van der Waals surface area contributed by atoms with Gasteiger partial charge in [-0.15, -0.1) is 12.4 Å². The first kappa shape index (κ1) is 25.4. The normalized spacial score (nSPS) is 26.7. The summed E-state index contributed by atoms with van der Waals surface area (Å²) in [6.07, 6.45) is -2.08. The Bertz CT molecular complexity index is 986. The largest absolute Gasteiger partial charge is 0.465 e. The molecule has 33 heavy (non-hydrogen) atoms. The highest BCUT2D eigenvalue weighted by Crippen LogP contribution is 2.41. The summed E-state index contributed by atoms with van der Waals surface area (Å²) in [6, 6.07) is -1.47. The van der Waals surface area contributed by atoms with E-state index in [1.54, 1.807) is 0 Å². The Hall–Kier alpha value is -2.25. The van der Waals surface area contributed by atoms with Crippen molar-refractivity contribution in [1.82, 2.24) is 30.2 Å². The number of aliphatic hydroxyl groups is 1. The van der Waals surface area contributed by atoms with Gasteiger partial charge in [0.1, 0.15) is 5.60 Å². The van der Waals surface area contributed by atoms with Gasteiger partial charge in [0.15, 0.2) is 0 Å². The third kappa shape index (κ3) is 5.46. The van der Waals surface area contributed by atoms with Gasteiger partial charge in [0, 0.05) is 19.3 Å². The number of hydrogen-bond donors (Lipinski definition) is 4. The summed E-state index contributed by atoms with van der Waals surface area (Å²) in [6.45, 7) is 0.176. The highest BCUT2D eigenvalue weighted by Gasteiger charge is 2.43. The lowest BCUT2D eigenvalue weighted by atomic mass is 9.81. The maximum atomic E-state index is 13.6. The molecule has 4 rings (SSSR count). The summed E-state index contributed by atoms with van der Waals surface area (Å²) >= 11 is 0. The van der Waals surface area contributed by atoms with Gasteiger partial charge in [-0.1, -0.05) is 0 Å². The monoisotopic (exact) mass is 496 g/mol. The molecule has 2 unspecified atom stereocenters. The Labute approximate surface area is 192 Å². The van der Waals surface area contributed by atoms with Crippen LogP contribution in [0.1, 0.15) is 62.0 Å². The van der Waals surface area contributed by atoms with E-state index in [-0.39, 0.29) is 69.2 Å². The first-order valence-electron chi connectivity index (χ1n) is 10.4. The molecule has 184 valence electrons. The molecule has 1 amide bonds. The number of nitrogens with one attached hydrogen (secondary N) is 2. The van der Waals surface area contributed by atoms with Crippen molar-refractivity contribution < 1.29 is 32.6 Å². The third-order valence-electron chi connectivity index (χ3n) is 6.33. The Balaban J connectivity index is 0.00000306. The van der Waals surface area contributed by atoms with Crippen LogP contribution in [-0.4, -0.2) is 60.4 Å². The first-order valence-corrected chi connectivity index (χ1v) is 10.4. The Kier molecular flexibility index (Phi) is 7.34. The number of carboxylic acid groups (broad SMARTS) is 1. The van der Waals surface area contributed by atoms with Gasteiger partial charge in [-0.3, -0.25) is 0 Å². The lowest BCUT2D eigenvalue weighted by molar-refractivity contribution is -0.120. The molecule has 9 nitrogen and oxygen atoms in total. The fourth-order valence-corrected chi connectivity index (χ4v) is 4.48. The van der Waals surface area contributed by atoms with Crippen molar-refractivity contribution >= 4 is 24.3 Å². The molecule has 0 radical (unpaired) electrons. The van der Waals surface area contributed by atoms with Gasteiger partial charge in [-0.25, -0.2) is 36.8 Å². The predicted octanol–water partition coefficient (Wildman–Crippen LogP) is 3.10. The van der Waals surface area contributed by atoms with Crippen LogP contribution in [0.4, 0.5) is 22.4 Å². The summed E-state index contributed by atoms with van der Waals surface area (Å²) in [5.74, 6) is -3.01. The van der Waals surface area contributed by atoms with Gasteiger partial charge in [0.05, 0.1) is 35.9 Å². The van der Waals surface area contributed by atoms with Crippen molar-refractivity contribution in [3.05, 3.63) is 23.8 Å². The summed E-state index contributed by atoms with van der Waals surface area (Å²) in [7, 11) is 0. The van der Waals surface area contributed by atoms with Crippen LogP contribution in [0.2, 0.25) is 0 Å². The van der Waals surface area contributed by atoms with Gasteiger partial charge in [-0.2, -0.15) is 5.10 Å². The second kappa shape index (κ2) is 9.55. The smallest absolute Gasteiger partial charge is 0.405 e. The average Bonchev–Trinajstić information content (AvgIpc) is 3.15. The number of rotatable bonds is 5. The minimum atomic E-state index is -2.90. The molecule has 4 N–H and O–H groups in total. The molecule has 2 aromatic heterocycles. The molecule has 1 saturated carbocycles. The number of aromatic nitrogens is 4. The summed E-state index contributed by atoms with van der Waals surface area (Å²) in [5.41, 5.74) is -1.52. The Morgan fingerprint density at radius 2 is 1.94 bits per heavy atom. The van der Waals surface area contributed by atoms with E-state index in [4.69, 9.17) is 0 Å². The fourth-order valence-electron chi connectivity index (χ4n) is 4.48.